The summed E-state index contributed by atoms with van der Waals surface area (Å²) in [6.07, 6.45) is 0.479. The highest BCUT2D eigenvalue weighted by atomic mass is 127. The van der Waals surface area contributed by atoms with Gasteiger partial charge in [0.1, 0.15) is 0 Å². The topological polar surface area (TPSA) is 17.1 Å². The van der Waals surface area contributed by atoms with Crippen molar-refractivity contribution in [1.82, 2.24) is 0 Å². The largest absolute Gasteiger partial charge is 0.294 e. The van der Waals surface area contributed by atoms with Gasteiger partial charge in [0.25, 0.3) is 0 Å². The molecular formula is C15H13IO. The summed E-state index contributed by atoms with van der Waals surface area (Å²) in [4.78, 5) is 12.1. The van der Waals surface area contributed by atoms with Gasteiger partial charge in [0.15, 0.2) is 5.78 Å². The maximum atomic E-state index is 12.1. The quantitative estimate of drug-likeness (QED) is 0.611. The van der Waals surface area contributed by atoms with Crippen LogP contribution in [-0.4, -0.2) is 5.78 Å². The Bertz CT molecular complexity index is 529. The standard InChI is InChI=1S/C15H13IO/c1-11-4-2-3-5-13(11)10-15(17)12-6-8-14(16)9-7-12/h2-9H,10H2,1H3. The van der Waals surface area contributed by atoms with Gasteiger partial charge >= 0.3 is 0 Å². The van der Waals surface area contributed by atoms with Gasteiger partial charge in [-0.25, -0.2) is 0 Å². The molecule has 2 aromatic rings. The molecule has 86 valence electrons. The number of carbonyl (C=O) groups excluding carboxylic acids is 1. The van der Waals surface area contributed by atoms with Crippen molar-refractivity contribution in [2.75, 3.05) is 0 Å². The zero-order valence-corrected chi connectivity index (χ0v) is 11.8. The molecule has 0 aliphatic heterocycles. The van der Waals surface area contributed by atoms with Gasteiger partial charge < -0.3 is 0 Å². The minimum Gasteiger partial charge on any atom is -0.294 e. The highest BCUT2D eigenvalue weighted by molar-refractivity contribution is 14.1. The molecule has 1 nitrogen and oxygen atoms in total. The van der Waals surface area contributed by atoms with Crippen molar-refractivity contribution in [2.24, 2.45) is 0 Å². The third-order valence-electron chi connectivity index (χ3n) is 2.78. The number of benzene rings is 2. The average Bonchev–Trinajstić information content (AvgIpc) is 2.33. The Morgan fingerprint density at radius 2 is 1.71 bits per heavy atom. The molecule has 0 heterocycles. The SMILES string of the molecule is Cc1ccccc1CC(=O)c1ccc(I)cc1. The van der Waals surface area contributed by atoms with E-state index in [0.717, 1.165) is 14.7 Å². The molecule has 0 atom stereocenters. The molecule has 0 aliphatic rings. The fraction of sp³-hybridized carbons (Fsp3) is 0.133. The van der Waals surface area contributed by atoms with Crippen LogP contribution in [0.1, 0.15) is 21.5 Å². The molecule has 0 fully saturated rings. The number of ketones is 1. The van der Waals surface area contributed by atoms with E-state index in [4.69, 9.17) is 0 Å². The van der Waals surface area contributed by atoms with Crippen molar-refractivity contribution in [1.29, 1.82) is 0 Å². The lowest BCUT2D eigenvalue weighted by Crippen LogP contribution is -2.04. The molecule has 0 saturated carbocycles. The van der Waals surface area contributed by atoms with Gasteiger partial charge in [-0.05, 0) is 52.8 Å². The lowest BCUT2D eigenvalue weighted by atomic mass is 10.00. The normalized spacial score (nSPS) is 10.2. The second-order valence-corrected chi connectivity index (χ2v) is 5.28. The first-order valence-electron chi connectivity index (χ1n) is 5.50. The Hall–Kier alpha value is -1.16. The lowest BCUT2D eigenvalue weighted by molar-refractivity contribution is 0.0993. The van der Waals surface area contributed by atoms with Crippen LogP contribution in [0.15, 0.2) is 48.5 Å². The highest BCUT2D eigenvalue weighted by Crippen LogP contribution is 2.13. The van der Waals surface area contributed by atoms with Crippen LogP contribution in [0.25, 0.3) is 0 Å². The average molecular weight is 336 g/mol. The first kappa shape index (κ1) is 12.3. The molecule has 17 heavy (non-hydrogen) atoms. The summed E-state index contributed by atoms with van der Waals surface area (Å²) < 4.78 is 1.15. The predicted molar refractivity (Wildman–Crippen MR) is 78.4 cm³/mol. The van der Waals surface area contributed by atoms with Crippen molar-refractivity contribution in [3.8, 4) is 0 Å². The molecule has 2 aromatic carbocycles. The van der Waals surface area contributed by atoms with Gasteiger partial charge in [0, 0.05) is 15.6 Å². The number of hydrogen-bond acceptors (Lipinski definition) is 1. The van der Waals surface area contributed by atoms with Crippen molar-refractivity contribution in [3.05, 3.63) is 68.8 Å². The molecule has 0 radical (unpaired) electrons. The third kappa shape index (κ3) is 3.16. The molecular weight excluding hydrogens is 323 g/mol. The molecule has 0 aliphatic carbocycles. The van der Waals surface area contributed by atoms with E-state index >= 15 is 0 Å². The number of aryl methyl sites for hydroxylation is 1. The van der Waals surface area contributed by atoms with E-state index < -0.39 is 0 Å². The second-order valence-electron chi connectivity index (χ2n) is 4.03. The Morgan fingerprint density at radius 1 is 1.06 bits per heavy atom. The van der Waals surface area contributed by atoms with Gasteiger partial charge in [-0.1, -0.05) is 36.4 Å². The second kappa shape index (κ2) is 5.45. The van der Waals surface area contributed by atoms with Crippen LogP contribution in [-0.2, 0) is 6.42 Å². The van der Waals surface area contributed by atoms with Crippen LogP contribution < -0.4 is 0 Å². The van der Waals surface area contributed by atoms with Crippen LogP contribution in [0.4, 0.5) is 0 Å². The Morgan fingerprint density at radius 3 is 2.35 bits per heavy atom. The summed E-state index contributed by atoms with van der Waals surface area (Å²) >= 11 is 2.24. The van der Waals surface area contributed by atoms with Crippen molar-refractivity contribution in [2.45, 2.75) is 13.3 Å². The first-order chi connectivity index (χ1) is 8.16. The molecule has 0 N–H and O–H groups in total. The Labute approximate surface area is 115 Å². The molecule has 0 unspecified atom stereocenters. The van der Waals surface area contributed by atoms with E-state index in [1.54, 1.807) is 0 Å². The maximum Gasteiger partial charge on any atom is 0.167 e. The van der Waals surface area contributed by atoms with Crippen LogP contribution in [0.5, 0.6) is 0 Å². The van der Waals surface area contributed by atoms with E-state index in [1.807, 2.05) is 55.5 Å². The lowest BCUT2D eigenvalue weighted by Gasteiger charge is -2.05. The third-order valence-corrected chi connectivity index (χ3v) is 3.50. The van der Waals surface area contributed by atoms with Crippen LogP contribution in [0.2, 0.25) is 0 Å². The zero-order chi connectivity index (χ0) is 12.3. The molecule has 0 saturated heterocycles. The number of halogens is 1. The van der Waals surface area contributed by atoms with E-state index in [9.17, 15) is 4.79 Å². The minimum atomic E-state index is 0.177. The van der Waals surface area contributed by atoms with E-state index in [1.165, 1.54) is 5.56 Å². The van der Waals surface area contributed by atoms with E-state index in [2.05, 4.69) is 22.6 Å². The molecule has 0 bridgehead atoms. The molecule has 0 amide bonds. The monoisotopic (exact) mass is 336 g/mol. The summed E-state index contributed by atoms with van der Waals surface area (Å²) in [5.41, 5.74) is 3.07. The molecule has 2 rings (SSSR count). The molecule has 0 aromatic heterocycles. The van der Waals surface area contributed by atoms with Gasteiger partial charge in [0.2, 0.25) is 0 Å². The van der Waals surface area contributed by atoms with Crippen LogP contribution >= 0.6 is 22.6 Å². The van der Waals surface area contributed by atoms with Crippen LogP contribution in [0.3, 0.4) is 0 Å². The fourth-order valence-corrected chi connectivity index (χ4v) is 2.08. The van der Waals surface area contributed by atoms with Crippen LogP contribution in [0, 0.1) is 10.5 Å². The summed E-state index contributed by atoms with van der Waals surface area (Å²) in [6, 6.07) is 15.7. The van der Waals surface area contributed by atoms with Crippen molar-refractivity contribution in [3.63, 3.8) is 0 Å². The van der Waals surface area contributed by atoms with Crippen molar-refractivity contribution >= 4 is 28.4 Å². The maximum absolute atomic E-state index is 12.1. The first-order valence-corrected chi connectivity index (χ1v) is 6.58. The summed E-state index contributed by atoms with van der Waals surface area (Å²) in [6.45, 7) is 2.04. The smallest absolute Gasteiger partial charge is 0.167 e. The number of carbonyl (C=O) groups is 1. The predicted octanol–water partition coefficient (Wildman–Crippen LogP) is 4.03. The number of hydrogen-bond donors (Lipinski definition) is 0. The van der Waals surface area contributed by atoms with Crippen molar-refractivity contribution < 1.29 is 4.79 Å². The fourth-order valence-electron chi connectivity index (χ4n) is 1.72. The Balaban J connectivity index is 2.17. The number of Topliss-reactive ketones (excluding diaryl/α,β-unsaturated/α-hetero) is 1. The molecule has 2 heteroatoms. The van der Waals surface area contributed by atoms with Gasteiger partial charge in [-0.2, -0.15) is 0 Å². The zero-order valence-electron chi connectivity index (χ0n) is 9.61. The molecule has 0 spiro atoms. The van der Waals surface area contributed by atoms with Gasteiger partial charge in [0.05, 0.1) is 0 Å². The van der Waals surface area contributed by atoms with Gasteiger partial charge in [-0.3, -0.25) is 4.79 Å². The summed E-state index contributed by atoms with van der Waals surface area (Å²) in [5.74, 6) is 0.177. The highest BCUT2D eigenvalue weighted by Gasteiger charge is 2.08. The van der Waals surface area contributed by atoms with Gasteiger partial charge in [-0.15, -0.1) is 0 Å². The van der Waals surface area contributed by atoms with E-state index in [0.29, 0.717) is 6.42 Å². The summed E-state index contributed by atoms with van der Waals surface area (Å²) in [5, 5.41) is 0. The minimum absolute atomic E-state index is 0.177. The summed E-state index contributed by atoms with van der Waals surface area (Å²) in [7, 11) is 0. The van der Waals surface area contributed by atoms with E-state index in [-0.39, 0.29) is 5.78 Å². The number of rotatable bonds is 3. The Kier molecular flexibility index (Phi) is 3.94.